The first-order chi connectivity index (χ1) is 6.52. The Hall–Kier alpha value is -1.45. The minimum Gasteiger partial charge on any atom is -0.446 e. The molecule has 0 aromatic carbocycles. The Morgan fingerprint density at radius 1 is 1.64 bits per heavy atom. The molecule has 0 atom stereocenters. The number of fused-ring (bicyclic) bond motifs is 1. The van der Waals surface area contributed by atoms with Gasteiger partial charge in [0.1, 0.15) is 0 Å². The number of furan rings is 1. The van der Waals surface area contributed by atoms with Crippen molar-refractivity contribution in [1.29, 1.82) is 0 Å². The van der Waals surface area contributed by atoms with Crippen molar-refractivity contribution in [1.82, 2.24) is 0 Å². The molecule has 2 rings (SSSR count). The van der Waals surface area contributed by atoms with Crippen molar-refractivity contribution in [3.05, 3.63) is 12.3 Å². The van der Waals surface area contributed by atoms with Gasteiger partial charge in [-0.2, -0.15) is 0 Å². The summed E-state index contributed by atoms with van der Waals surface area (Å²) in [6, 6.07) is 1.83. The van der Waals surface area contributed by atoms with Gasteiger partial charge in [-0.3, -0.25) is 9.69 Å². The molecule has 1 amide bonds. The van der Waals surface area contributed by atoms with E-state index in [1.165, 1.54) is 0 Å². The van der Waals surface area contributed by atoms with Gasteiger partial charge in [0.2, 0.25) is 11.8 Å². The van der Waals surface area contributed by atoms with Gasteiger partial charge in [0.25, 0.3) is 0 Å². The second-order valence-corrected chi connectivity index (χ2v) is 4.16. The monoisotopic (exact) mass is 194 g/mol. The highest BCUT2D eigenvalue weighted by atomic mass is 16.4. The summed E-state index contributed by atoms with van der Waals surface area (Å²) in [4.78, 5) is 13.2. The summed E-state index contributed by atoms with van der Waals surface area (Å²) in [6.45, 7) is 6.30. The van der Waals surface area contributed by atoms with Crippen molar-refractivity contribution < 1.29 is 9.21 Å². The number of nitrogens with one attached hydrogen (secondary N) is 1. The van der Waals surface area contributed by atoms with Gasteiger partial charge in [-0.1, -0.05) is 0 Å². The topological polar surface area (TPSA) is 45.5 Å². The quantitative estimate of drug-likeness (QED) is 0.685. The van der Waals surface area contributed by atoms with E-state index in [9.17, 15) is 4.79 Å². The van der Waals surface area contributed by atoms with E-state index < -0.39 is 0 Å². The first-order valence-electron chi connectivity index (χ1n) is 4.64. The Balaban J connectivity index is 2.49. The van der Waals surface area contributed by atoms with Crippen LogP contribution in [0.4, 0.5) is 11.6 Å². The number of amides is 1. The van der Waals surface area contributed by atoms with Gasteiger partial charge < -0.3 is 9.73 Å². The molecule has 0 saturated heterocycles. The van der Waals surface area contributed by atoms with Crippen LogP contribution < -0.4 is 10.2 Å². The molecule has 0 unspecified atom stereocenters. The highest BCUT2D eigenvalue weighted by molar-refractivity contribution is 5.95. The predicted octanol–water partition coefficient (Wildman–Crippen LogP) is 1.84. The van der Waals surface area contributed by atoms with Crippen LogP contribution in [-0.2, 0) is 4.79 Å². The van der Waals surface area contributed by atoms with Gasteiger partial charge >= 0.3 is 0 Å². The molecule has 1 aromatic heterocycles. The lowest BCUT2D eigenvalue weighted by molar-refractivity contribution is -0.117. The number of carbonyl (C=O) groups excluding carboxylic acids is 1. The molecule has 4 nitrogen and oxygen atoms in total. The molecule has 1 aliphatic heterocycles. The van der Waals surface area contributed by atoms with Gasteiger partial charge in [0.15, 0.2) is 0 Å². The molecule has 1 aliphatic rings. The first kappa shape index (κ1) is 9.12. The zero-order valence-electron chi connectivity index (χ0n) is 8.63. The Labute approximate surface area is 82.9 Å². The summed E-state index contributed by atoms with van der Waals surface area (Å²) in [5.74, 6) is 0.626. The average molecular weight is 194 g/mol. The molecule has 0 radical (unpaired) electrons. The van der Waals surface area contributed by atoms with Gasteiger partial charge in [-0.05, 0) is 13.8 Å². The lowest BCUT2D eigenvalue weighted by atomic mass is 10.0. The summed E-state index contributed by atoms with van der Waals surface area (Å²) in [7, 11) is 0. The summed E-state index contributed by atoms with van der Waals surface area (Å²) in [5.41, 5.74) is 0.649. The highest BCUT2D eigenvalue weighted by Crippen LogP contribution is 2.36. The van der Waals surface area contributed by atoms with Gasteiger partial charge in [0, 0.05) is 19.5 Å². The number of hydrogen-bond acceptors (Lipinski definition) is 3. The normalized spacial score (nSPS) is 18.6. The number of hydrogen-bond donors (Lipinski definition) is 1. The highest BCUT2D eigenvalue weighted by Gasteiger charge is 2.37. The Morgan fingerprint density at radius 3 is 3.00 bits per heavy atom. The second kappa shape index (κ2) is 2.77. The molecular weight excluding hydrogens is 180 g/mol. The third-order valence-corrected chi connectivity index (χ3v) is 2.48. The molecule has 0 spiro atoms. The summed E-state index contributed by atoms with van der Waals surface area (Å²) in [5, 5.41) is 3.23. The fourth-order valence-electron chi connectivity index (χ4n) is 1.84. The molecule has 76 valence electrons. The Bertz CT molecular complexity index is 368. The van der Waals surface area contributed by atoms with Gasteiger partial charge in [-0.25, -0.2) is 0 Å². The Morgan fingerprint density at radius 2 is 2.36 bits per heavy atom. The summed E-state index contributed by atoms with van der Waals surface area (Å²) in [6.07, 6.45) is 1.59. The molecule has 0 bridgehead atoms. The van der Waals surface area contributed by atoms with Crippen molar-refractivity contribution in [3.8, 4) is 0 Å². The Kier molecular flexibility index (Phi) is 1.80. The van der Waals surface area contributed by atoms with Gasteiger partial charge in [-0.15, -0.1) is 0 Å². The van der Waals surface area contributed by atoms with E-state index in [4.69, 9.17) is 4.42 Å². The van der Waals surface area contributed by atoms with Crippen LogP contribution in [-0.4, -0.2) is 18.0 Å². The van der Waals surface area contributed by atoms with Crippen molar-refractivity contribution in [3.63, 3.8) is 0 Å². The zero-order chi connectivity index (χ0) is 10.3. The van der Waals surface area contributed by atoms with E-state index in [1.807, 2.05) is 19.9 Å². The predicted molar refractivity (Wildman–Crippen MR) is 54.4 cm³/mol. The third kappa shape index (κ3) is 1.18. The van der Waals surface area contributed by atoms with E-state index in [-0.39, 0.29) is 11.4 Å². The number of anilines is 2. The molecule has 0 saturated carbocycles. The first-order valence-corrected chi connectivity index (χ1v) is 4.64. The maximum Gasteiger partial charge on any atom is 0.226 e. The van der Waals surface area contributed by atoms with E-state index in [1.54, 1.807) is 18.1 Å². The van der Waals surface area contributed by atoms with Crippen LogP contribution in [0.2, 0.25) is 0 Å². The molecule has 0 aliphatic carbocycles. The lowest BCUT2D eigenvalue weighted by Gasteiger charge is -2.40. The van der Waals surface area contributed by atoms with Crippen molar-refractivity contribution in [2.45, 2.75) is 26.3 Å². The van der Waals surface area contributed by atoms with Crippen molar-refractivity contribution in [2.75, 3.05) is 16.8 Å². The smallest absolute Gasteiger partial charge is 0.226 e. The van der Waals surface area contributed by atoms with Crippen molar-refractivity contribution >= 4 is 17.5 Å². The standard InChI is InChI=1S/C10H14N2O2/c1-7(13)12-9-8(4-5-14-9)11-6-10(12,2)3/h4-5,11H,6H2,1-3H3. The number of nitrogens with zero attached hydrogens (tertiary/aromatic N) is 1. The minimum absolute atomic E-state index is 0.00713. The fraction of sp³-hybridized carbons (Fsp3) is 0.500. The molecule has 14 heavy (non-hydrogen) atoms. The fourth-order valence-corrected chi connectivity index (χ4v) is 1.84. The second-order valence-electron chi connectivity index (χ2n) is 4.16. The van der Waals surface area contributed by atoms with Crippen LogP contribution in [0.3, 0.4) is 0 Å². The molecule has 2 heterocycles. The largest absolute Gasteiger partial charge is 0.446 e. The average Bonchev–Trinajstić information content (AvgIpc) is 2.48. The maximum atomic E-state index is 11.5. The van der Waals surface area contributed by atoms with E-state index in [0.29, 0.717) is 5.88 Å². The molecule has 4 heteroatoms. The number of rotatable bonds is 0. The van der Waals surface area contributed by atoms with E-state index >= 15 is 0 Å². The van der Waals surface area contributed by atoms with Crippen LogP contribution in [0.15, 0.2) is 16.7 Å². The lowest BCUT2D eigenvalue weighted by Crippen LogP contribution is -2.54. The van der Waals surface area contributed by atoms with Gasteiger partial charge in [0.05, 0.1) is 17.5 Å². The summed E-state index contributed by atoms with van der Waals surface area (Å²) >= 11 is 0. The maximum absolute atomic E-state index is 11.5. The van der Waals surface area contributed by atoms with Crippen LogP contribution in [0.1, 0.15) is 20.8 Å². The van der Waals surface area contributed by atoms with Crippen LogP contribution in [0.25, 0.3) is 0 Å². The van der Waals surface area contributed by atoms with Crippen molar-refractivity contribution in [2.24, 2.45) is 0 Å². The SMILES string of the molecule is CC(=O)N1c2occc2NCC1(C)C. The summed E-state index contributed by atoms with van der Waals surface area (Å²) < 4.78 is 5.31. The molecular formula is C10H14N2O2. The van der Waals surface area contributed by atoms with Crippen LogP contribution in [0, 0.1) is 0 Å². The molecule has 0 fully saturated rings. The van der Waals surface area contributed by atoms with E-state index in [0.717, 1.165) is 12.2 Å². The third-order valence-electron chi connectivity index (χ3n) is 2.48. The molecule has 1 aromatic rings. The molecule has 1 N–H and O–H groups in total. The van der Waals surface area contributed by atoms with Crippen LogP contribution >= 0.6 is 0 Å². The number of carbonyl (C=O) groups is 1. The van der Waals surface area contributed by atoms with Crippen LogP contribution in [0.5, 0.6) is 0 Å². The zero-order valence-corrected chi connectivity index (χ0v) is 8.63. The minimum atomic E-state index is -0.239. The van der Waals surface area contributed by atoms with E-state index in [2.05, 4.69) is 5.32 Å².